The van der Waals surface area contributed by atoms with Crippen LogP contribution in [0.2, 0.25) is 0 Å². The first kappa shape index (κ1) is 11.3. The molecule has 1 aliphatic carbocycles. The lowest BCUT2D eigenvalue weighted by atomic mass is 9.83. The Morgan fingerprint density at radius 1 is 1.22 bits per heavy atom. The normalized spacial score (nSPS) is 30.6. The molecule has 1 saturated heterocycles. The van der Waals surface area contributed by atoms with Crippen molar-refractivity contribution in [1.82, 2.24) is 10.6 Å². The summed E-state index contributed by atoms with van der Waals surface area (Å²) in [5, 5.41) is 5.23. The van der Waals surface area contributed by atoms with E-state index in [0.29, 0.717) is 0 Å². The van der Waals surface area contributed by atoms with Crippen molar-refractivity contribution in [2.45, 2.75) is 31.2 Å². The van der Waals surface area contributed by atoms with E-state index in [4.69, 9.17) is 0 Å². The standard InChI is InChI=1S/C14H16N2O2/c17-12-14(16-13(18)15-12)8-4-7-11(14)9-10-5-2-1-3-6-10/h1-3,5-6,11H,4,7-9H2,(H2,15,16,17,18)/t11-,14-/m1/s1. The van der Waals surface area contributed by atoms with E-state index in [9.17, 15) is 9.59 Å². The summed E-state index contributed by atoms with van der Waals surface area (Å²) < 4.78 is 0. The number of benzene rings is 1. The van der Waals surface area contributed by atoms with Gasteiger partial charge in [-0.15, -0.1) is 0 Å². The molecule has 0 unspecified atom stereocenters. The Kier molecular flexibility index (Phi) is 2.58. The minimum Gasteiger partial charge on any atom is -0.323 e. The number of hydrogen-bond acceptors (Lipinski definition) is 2. The van der Waals surface area contributed by atoms with Crippen molar-refractivity contribution in [3.05, 3.63) is 35.9 Å². The summed E-state index contributed by atoms with van der Waals surface area (Å²) >= 11 is 0. The summed E-state index contributed by atoms with van der Waals surface area (Å²) in [4.78, 5) is 23.4. The molecule has 2 atom stereocenters. The lowest BCUT2D eigenvalue weighted by Gasteiger charge is -2.28. The molecule has 0 radical (unpaired) electrons. The second-order valence-electron chi connectivity index (χ2n) is 5.16. The van der Waals surface area contributed by atoms with E-state index in [-0.39, 0.29) is 17.9 Å². The minimum atomic E-state index is -0.660. The number of carbonyl (C=O) groups excluding carboxylic acids is 2. The fourth-order valence-corrected chi connectivity index (χ4v) is 3.22. The summed E-state index contributed by atoms with van der Waals surface area (Å²) in [5.41, 5.74) is 0.560. The Hall–Kier alpha value is -1.84. The summed E-state index contributed by atoms with van der Waals surface area (Å²) in [6.07, 6.45) is 3.57. The van der Waals surface area contributed by atoms with Crippen LogP contribution in [0.1, 0.15) is 24.8 Å². The maximum atomic E-state index is 12.0. The van der Waals surface area contributed by atoms with Gasteiger partial charge in [0, 0.05) is 0 Å². The van der Waals surface area contributed by atoms with Gasteiger partial charge >= 0.3 is 6.03 Å². The van der Waals surface area contributed by atoms with Crippen molar-refractivity contribution in [1.29, 1.82) is 0 Å². The van der Waals surface area contributed by atoms with Gasteiger partial charge in [-0.3, -0.25) is 10.1 Å². The molecule has 0 bridgehead atoms. The first-order chi connectivity index (χ1) is 8.71. The molecule has 4 heteroatoms. The number of carbonyl (C=O) groups is 2. The molecule has 94 valence electrons. The van der Waals surface area contributed by atoms with Crippen LogP contribution < -0.4 is 10.6 Å². The van der Waals surface area contributed by atoms with E-state index in [1.54, 1.807) is 0 Å². The highest BCUT2D eigenvalue weighted by atomic mass is 16.2. The SMILES string of the molecule is O=C1NC(=O)[C@]2(CCC[C@@H]2Cc2ccccc2)N1. The topological polar surface area (TPSA) is 58.2 Å². The molecule has 4 nitrogen and oxygen atoms in total. The van der Waals surface area contributed by atoms with E-state index in [1.807, 2.05) is 18.2 Å². The molecular formula is C14H16N2O2. The van der Waals surface area contributed by atoms with Crippen LogP contribution in [0.5, 0.6) is 0 Å². The molecule has 1 aromatic carbocycles. The average molecular weight is 244 g/mol. The molecule has 3 rings (SSSR count). The first-order valence-electron chi connectivity index (χ1n) is 6.38. The summed E-state index contributed by atoms with van der Waals surface area (Å²) in [5.74, 6) is 0.0530. The molecule has 1 heterocycles. The monoisotopic (exact) mass is 244 g/mol. The average Bonchev–Trinajstić information content (AvgIpc) is 2.87. The van der Waals surface area contributed by atoms with Gasteiger partial charge in [0.2, 0.25) is 0 Å². The molecule has 2 aliphatic rings. The zero-order chi connectivity index (χ0) is 12.6. The lowest BCUT2D eigenvalue weighted by molar-refractivity contribution is -0.125. The van der Waals surface area contributed by atoms with Gasteiger partial charge in [0.15, 0.2) is 0 Å². The van der Waals surface area contributed by atoms with Crippen LogP contribution >= 0.6 is 0 Å². The number of urea groups is 1. The Balaban J connectivity index is 1.84. The molecule has 3 amide bonds. The largest absolute Gasteiger partial charge is 0.323 e. The molecule has 2 N–H and O–H groups in total. The summed E-state index contributed by atoms with van der Waals surface area (Å²) in [6, 6.07) is 9.79. The van der Waals surface area contributed by atoms with E-state index in [2.05, 4.69) is 22.8 Å². The third-order valence-corrected chi connectivity index (χ3v) is 4.11. The van der Waals surface area contributed by atoms with Crippen LogP contribution in [-0.4, -0.2) is 17.5 Å². The van der Waals surface area contributed by atoms with Crippen molar-refractivity contribution < 1.29 is 9.59 Å². The number of rotatable bonds is 2. The molecular weight excluding hydrogens is 228 g/mol. The number of imide groups is 1. The van der Waals surface area contributed by atoms with Gasteiger partial charge in [-0.2, -0.15) is 0 Å². The highest BCUT2D eigenvalue weighted by Gasteiger charge is 2.53. The van der Waals surface area contributed by atoms with E-state index < -0.39 is 5.54 Å². The fraction of sp³-hybridized carbons (Fsp3) is 0.429. The van der Waals surface area contributed by atoms with Gasteiger partial charge in [-0.25, -0.2) is 4.79 Å². The van der Waals surface area contributed by atoms with Crippen LogP contribution in [-0.2, 0) is 11.2 Å². The van der Waals surface area contributed by atoms with E-state index in [1.165, 1.54) is 5.56 Å². The molecule has 18 heavy (non-hydrogen) atoms. The van der Waals surface area contributed by atoms with Crippen molar-refractivity contribution in [3.63, 3.8) is 0 Å². The van der Waals surface area contributed by atoms with Crippen LogP contribution in [0.15, 0.2) is 30.3 Å². The molecule has 1 spiro atoms. The van der Waals surface area contributed by atoms with Gasteiger partial charge < -0.3 is 5.32 Å². The van der Waals surface area contributed by atoms with Crippen LogP contribution in [0, 0.1) is 5.92 Å². The van der Waals surface area contributed by atoms with Crippen LogP contribution in [0.25, 0.3) is 0 Å². The van der Waals surface area contributed by atoms with Gasteiger partial charge in [0.25, 0.3) is 5.91 Å². The quantitative estimate of drug-likeness (QED) is 0.776. The van der Waals surface area contributed by atoms with Gasteiger partial charge in [-0.05, 0) is 30.7 Å². The van der Waals surface area contributed by atoms with Gasteiger partial charge in [0.1, 0.15) is 5.54 Å². The van der Waals surface area contributed by atoms with Crippen molar-refractivity contribution in [2.75, 3.05) is 0 Å². The maximum absolute atomic E-state index is 12.0. The number of amides is 3. The van der Waals surface area contributed by atoms with Crippen LogP contribution in [0.3, 0.4) is 0 Å². The highest BCUT2D eigenvalue weighted by Crippen LogP contribution is 2.39. The van der Waals surface area contributed by atoms with Crippen molar-refractivity contribution in [2.24, 2.45) is 5.92 Å². The van der Waals surface area contributed by atoms with E-state index in [0.717, 1.165) is 25.7 Å². The summed E-state index contributed by atoms with van der Waals surface area (Å²) in [7, 11) is 0. The lowest BCUT2D eigenvalue weighted by Crippen LogP contribution is -2.50. The highest BCUT2D eigenvalue weighted by molar-refractivity contribution is 6.07. The van der Waals surface area contributed by atoms with Gasteiger partial charge in [0.05, 0.1) is 0 Å². The number of nitrogens with one attached hydrogen (secondary N) is 2. The Morgan fingerprint density at radius 3 is 2.67 bits per heavy atom. The van der Waals surface area contributed by atoms with Crippen LogP contribution in [0.4, 0.5) is 4.79 Å². The Labute approximate surface area is 106 Å². The summed E-state index contributed by atoms with van der Waals surface area (Å²) in [6.45, 7) is 0. The number of hydrogen-bond donors (Lipinski definition) is 2. The molecule has 1 aliphatic heterocycles. The Bertz CT molecular complexity index is 486. The Morgan fingerprint density at radius 2 is 2.00 bits per heavy atom. The molecule has 0 aromatic heterocycles. The van der Waals surface area contributed by atoms with Gasteiger partial charge in [-0.1, -0.05) is 36.8 Å². The molecule has 2 fully saturated rings. The zero-order valence-corrected chi connectivity index (χ0v) is 10.1. The van der Waals surface area contributed by atoms with E-state index >= 15 is 0 Å². The third kappa shape index (κ3) is 1.68. The predicted molar refractivity (Wildman–Crippen MR) is 66.9 cm³/mol. The fourth-order valence-electron chi connectivity index (χ4n) is 3.22. The maximum Gasteiger partial charge on any atom is 0.322 e. The predicted octanol–water partition coefficient (Wildman–Crippen LogP) is 1.61. The second kappa shape index (κ2) is 4.12. The van der Waals surface area contributed by atoms with Crippen molar-refractivity contribution in [3.8, 4) is 0 Å². The molecule has 1 aromatic rings. The second-order valence-corrected chi connectivity index (χ2v) is 5.16. The minimum absolute atomic E-state index is 0.147. The first-order valence-corrected chi connectivity index (χ1v) is 6.38. The molecule has 1 saturated carbocycles. The smallest absolute Gasteiger partial charge is 0.322 e. The zero-order valence-electron chi connectivity index (χ0n) is 10.1. The van der Waals surface area contributed by atoms with Crippen molar-refractivity contribution >= 4 is 11.9 Å². The third-order valence-electron chi connectivity index (χ3n) is 4.11.